The molecule has 2 N–H and O–H groups in total. The normalized spacial score (nSPS) is 22.4. The number of hydrogen-bond donors (Lipinski definition) is 2. The van der Waals surface area contributed by atoms with Crippen LogP contribution in [-0.4, -0.2) is 34.2 Å². The lowest BCUT2D eigenvalue weighted by atomic mass is 9.85. The molecule has 0 saturated heterocycles. The zero-order valence-corrected chi connectivity index (χ0v) is 16.6. The fraction of sp³-hybridized carbons (Fsp3) is 0.391. The van der Waals surface area contributed by atoms with E-state index in [0.717, 1.165) is 47.4 Å². The first-order valence-corrected chi connectivity index (χ1v) is 10.0. The van der Waals surface area contributed by atoms with Gasteiger partial charge in [0.1, 0.15) is 11.1 Å². The fourth-order valence-corrected chi connectivity index (χ4v) is 5.28. The summed E-state index contributed by atoms with van der Waals surface area (Å²) in [6.45, 7) is 7.16. The quantitative estimate of drug-likeness (QED) is 0.530. The first kappa shape index (κ1) is 17.3. The first-order chi connectivity index (χ1) is 13.4. The number of aromatic amines is 2. The minimum atomic E-state index is -0.558. The molecule has 2 aliphatic rings. The van der Waals surface area contributed by atoms with Crippen molar-refractivity contribution in [2.24, 2.45) is 0 Å². The van der Waals surface area contributed by atoms with Gasteiger partial charge in [0.15, 0.2) is 6.54 Å². The van der Waals surface area contributed by atoms with Gasteiger partial charge in [-0.15, -0.1) is 6.42 Å². The standard InChI is InChI=1S/C23H25N4O/c1-5-10-27(6-2)19-11-16-15-9-7-8-14-13-24-26-20(14)21(15)25-18(16)12-17(19)23(3,4)22(27)28/h1,11-13,25H,6-10H2,2-4H3,(H,24,26)/q+1. The third kappa shape index (κ3) is 1.96. The molecular weight excluding hydrogens is 348 g/mol. The number of carbonyl (C=O) groups excluding carboxylic acids is 1. The van der Waals surface area contributed by atoms with Crippen molar-refractivity contribution in [3.05, 3.63) is 35.0 Å². The van der Waals surface area contributed by atoms with Crippen molar-refractivity contribution in [2.45, 2.75) is 45.4 Å². The van der Waals surface area contributed by atoms with Gasteiger partial charge in [-0.1, -0.05) is 0 Å². The molecule has 0 fully saturated rings. The van der Waals surface area contributed by atoms with Crippen molar-refractivity contribution in [3.63, 3.8) is 0 Å². The lowest BCUT2D eigenvalue weighted by Gasteiger charge is -2.30. The van der Waals surface area contributed by atoms with Crippen LogP contribution in [0.2, 0.25) is 0 Å². The highest BCUT2D eigenvalue weighted by molar-refractivity contribution is 6.07. The van der Waals surface area contributed by atoms with Gasteiger partial charge in [-0.3, -0.25) is 5.10 Å². The zero-order chi connectivity index (χ0) is 19.7. The lowest BCUT2D eigenvalue weighted by Crippen LogP contribution is -2.55. The monoisotopic (exact) mass is 373 g/mol. The summed E-state index contributed by atoms with van der Waals surface area (Å²) in [5.74, 6) is 2.96. The van der Waals surface area contributed by atoms with Gasteiger partial charge < -0.3 is 4.98 Å². The van der Waals surface area contributed by atoms with E-state index in [1.807, 2.05) is 20.0 Å². The summed E-state index contributed by atoms with van der Waals surface area (Å²) in [7, 11) is 0. The number of benzene rings is 1. The van der Waals surface area contributed by atoms with Crippen LogP contribution in [0.3, 0.4) is 0 Å². The van der Waals surface area contributed by atoms with Crippen molar-refractivity contribution in [1.29, 1.82) is 0 Å². The number of nitrogens with one attached hydrogen (secondary N) is 2. The van der Waals surface area contributed by atoms with E-state index in [1.165, 1.54) is 16.5 Å². The summed E-state index contributed by atoms with van der Waals surface area (Å²) in [4.78, 5) is 17.1. The number of fused-ring (bicyclic) bond motifs is 6. The molecule has 0 radical (unpaired) electrons. The molecular formula is C23H25N4O+. The number of hydrogen-bond acceptors (Lipinski definition) is 2. The lowest BCUT2D eigenvalue weighted by molar-refractivity contribution is -0.132. The first-order valence-electron chi connectivity index (χ1n) is 10.0. The molecule has 1 aliphatic heterocycles. The predicted molar refractivity (Wildman–Crippen MR) is 112 cm³/mol. The van der Waals surface area contributed by atoms with Crippen LogP contribution in [-0.2, 0) is 23.1 Å². The largest absolute Gasteiger partial charge is 0.353 e. The Labute approximate surface area is 164 Å². The van der Waals surface area contributed by atoms with Crippen LogP contribution in [0.15, 0.2) is 18.3 Å². The molecule has 1 aliphatic carbocycles. The van der Waals surface area contributed by atoms with Gasteiger partial charge in [-0.25, -0.2) is 9.28 Å². The molecule has 5 heteroatoms. The van der Waals surface area contributed by atoms with Crippen molar-refractivity contribution >= 4 is 22.5 Å². The summed E-state index contributed by atoms with van der Waals surface area (Å²) < 4.78 is 0.240. The van der Waals surface area contributed by atoms with Crippen LogP contribution in [0.5, 0.6) is 0 Å². The molecule has 0 bridgehead atoms. The average Bonchev–Trinajstić information content (AvgIpc) is 3.29. The highest BCUT2D eigenvalue weighted by Gasteiger charge is 2.57. The number of quaternary nitrogens is 1. The van der Waals surface area contributed by atoms with E-state index in [1.54, 1.807) is 0 Å². The minimum Gasteiger partial charge on any atom is -0.353 e. The van der Waals surface area contributed by atoms with Gasteiger partial charge >= 0.3 is 5.91 Å². The second-order valence-corrected chi connectivity index (χ2v) is 8.59. The maximum absolute atomic E-state index is 13.5. The van der Waals surface area contributed by atoms with E-state index in [4.69, 9.17) is 6.42 Å². The Morgan fingerprint density at radius 3 is 2.86 bits per heavy atom. The van der Waals surface area contributed by atoms with Gasteiger partial charge in [-0.05, 0) is 63.1 Å². The number of terminal acetylenes is 1. The van der Waals surface area contributed by atoms with Gasteiger partial charge in [0.05, 0.1) is 24.1 Å². The Bertz CT molecular complexity index is 1170. The number of H-pyrrole nitrogens is 2. The Morgan fingerprint density at radius 1 is 1.29 bits per heavy atom. The minimum absolute atomic E-state index is 0.192. The van der Waals surface area contributed by atoms with Crippen molar-refractivity contribution < 1.29 is 4.79 Å². The van der Waals surface area contributed by atoms with E-state index in [9.17, 15) is 4.79 Å². The number of rotatable bonds is 2. The van der Waals surface area contributed by atoms with Crippen LogP contribution in [0.25, 0.3) is 22.3 Å². The molecule has 3 aromatic rings. The Kier molecular flexibility index (Phi) is 3.45. The van der Waals surface area contributed by atoms with Gasteiger partial charge in [-0.2, -0.15) is 5.10 Å². The molecule has 3 heterocycles. The predicted octanol–water partition coefficient (Wildman–Crippen LogP) is 3.82. The number of aryl methyl sites for hydroxylation is 2. The molecule has 1 aromatic carbocycles. The van der Waals surface area contributed by atoms with E-state index < -0.39 is 5.41 Å². The van der Waals surface area contributed by atoms with Crippen LogP contribution < -0.4 is 4.48 Å². The highest BCUT2D eigenvalue weighted by Crippen LogP contribution is 2.49. The van der Waals surface area contributed by atoms with E-state index in [2.05, 4.69) is 40.2 Å². The van der Waals surface area contributed by atoms with Crippen LogP contribution in [0.4, 0.5) is 5.69 Å². The Balaban J connectivity index is 1.83. The summed E-state index contributed by atoms with van der Waals surface area (Å²) in [6.07, 6.45) is 10.8. The van der Waals surface area contributed by atoms with E-state index in [0.29, 0.717) is 13.1 Å². The SMILES string of the molecule is C#CC[N+]1(CC)C(=O)C(C)(C)c2cc3[nH]c4c(c3cc21)CCCc1cn[nH]c1-4. The molecule has 1 amide bonds. The van der Waals surface area contributed by atoms with Crippen molar-refractivity contribution in [2.75, 3.05) is 13.1 Å². The van der Waals surface area contributed by atoms with Crippen molar-refractivity contribution in [3.8, 4) is 23.7 Å². The number of carbonyl (C=O) groups is 1. The molecule has 0 spiro atoms. The Morgan fingerprint density at radius 2 is 2.11 bits per heavy atom. The second-order valence-electron chi connectivity index (χ2n) is 8.59. The summed E-state index contributed by atoms with van der Waals surface area (Å²) >= 11 is 0. The van der Waals surface area contributed by atoms with Gasteiger partial charge in [0.25, 0.3) is 0 Å². The zero-order valence-electron chi connectivity index (χ0n) is 16.6. The number of aromatic nitrogens is 3. The third-order valence-corrected chi connectivity index (χ3v) is 6.82. The number of nitrogens with zero attached hydrogens (tertiary/aromatic N) is 2. The molecule has 2 aromatic heterocycles. The molecule has 0 saturated carbocycles. The van der Waals surface area contributed by atoms with E-state index in [-0.39, 0.29) is 10.4 Å². The molecule has 142 valence electrons. The molecule has 1 atom stereocenters. The maximum Gasteiger partial charge on any atom is 0.329 e. The number of likely N-dealkylation sites (N-methyl/N-ethyl adjacent to an activating group) is 1. The van der Waals surface area contributed by atoms with Gasteiger partial charge in [0, 0.05) is 22.5 Å². The highest BCUT2D eigenvalue weighted by atomic mass is 16.2. The smallest absolute Gasteiger partial charge is 0.329 e. The second kappa shape index (κ2) is 5.59. The van der Waals surface area contributed by atoms with Crippen LogP contribution in [0, 0.1) is 12.3 Å². The van der Waals surface area contributed by atoms with Gasteiger partial charge in [0.2, 0.25) is 0 Å². The molecule has 5 rings (SSSR count). The molecule has 1 unspecified atom stereocenters. The van der Waals surface area contributed by atoms with Crippen LogP contribution in [0.1, 0.15) is 43.9 Å². The Hall–Kier alpha value is -2.84. The van der Waals surface area contributed by atoms with Crippen LogP contribution >= 0.6 is 0 Å². The summed E-state index contributed by atoms with van der Waals surface area (Å²) in [5.41, 5.74) is 7.50. The number of amides is 1. The third-order valence-electron chi connectivity index (χ3n) is 6.82. The molecule has 5 nitrogen and oxygen atoms in total. The van der Waals surface area contributed by atoms with E-state index >= 15 is 0 Å². The summed E-state index contributed by atoms with van der Waals surface area (Å²) in [5, 5.41) is 8.64. The van der Waals surface area contributed by atoms with Crippen molar-refractivity contribution in [1.82, 2.24) is 19.7 Å². The maximum atomic E-state index is 13.5. The summed E-state index contributed by atoms with van der Waals surface area (Å²) in [6, 6.07) is 4.41. The average molecular weight is 373 g/mol. The topological polar surface area (TPSA) is 61.5 Å². The fourth-order valence-electron chi connectivity index (χ4n) is 5.28. The molecule has 28 heavy (non-hydrogen) atoms.